The van der Waals surface area contributed by atoms with Crippen LogP contribution in [0.4, 0.5) is 0 Å². The van der Waals surface area contributed by atoms with Crippen molar-refractivity contribution in [2.24, 2.45) is 16.8 Å². The Morgan fingerprint density at radius 3 is 2.74 bits per heavy atom. The van der Waals surface area contributed by atoms with Crippen molar-refractivity contribution < 1.29 is 14.4 Å². The monoisotopic (exact) mass is 489 g/mol. The van der Waals surface area contributed by atoms with Gasteiger partial charge >= 0.3 is 0 Å². The molecule has 0 bridgehead atoms. The molecule has 0 aromatic rings. The number of carbonyl (C=O) groups excluding carboxylic acids is 3. The van der Waals surface area contributed by atoms with E-state index in [1.54, 1.807) is 6.92 Å². The van der Waals surface area contributed by atoms with Crippen molar-refractivity contribution in [2.75, 3.05) is 38.6 Å². The third-order valence-electron chi connectivity index (χ3n) is 7.41. The number of halogens is 1. The average molecular weight is 490 g/mol. The quantitative estimate of drug-likeness (QED) is 0.598. The molecule has 2 saturated heterocycles. The van der Waals surface area contributed by atoms with E-state index >= 15 is 0 Å². The molecule has 3 heterocycles. The first kappa shape index (κ1) is 24.9. The number of hydrogen-bond acceptors (Lipinski definition) is 6. The number of rotatable bonds is 5. The Balaban J connectivity index is 1.51. The van der Waals surface area contributed by atoms with E-state index in [0.29, 0.717) is 25.6 Å². The molecule has 1 N–H and O–H groups in total. The van der Waals surface area contributed by atoms with Gasteiger partial charge in [0, 0.05) is 32.5 Å². The van der Waals surface area contributed by atoms with Crippen LogP contribution in [0.3, 0.4) is 0 Å². The Bertz CT molecular complexity index is 901. The maximum Gasteiger partial charge on any atom is 0.231 e. The van der Waals surface area contributed by atoms with Gasteiger partial charge in [-0.25, -0.2) is 4.99 Å². The standard InChI is InChI=1S/C25H36ClN5O3/c1-17-7-5-10-22-23(17)31(20-9-3-4-12-30(15-20)18(2)32)25(27-22)28-24(34)19-8-6-11-29(14-19)16-21(33)13-26/h5,7,10,17,19-20,23H,3-4,6,8-9,11-16H2,1-2H3,(H,27,28,34)/t17?,19?,20-,23?/m1/s1. The largest absolute Gasteiger partial charge is 0.341 e. The number of hydrogen-bond donors (Lipinski definition) is 1. The molecular weight excluding hydrogens is 454 g/mol. The van der Waals surface area contributed by atoms with Gasteiger partial charge in [0.25, 0.3) is 0 Å². The molecule has 4 rings (SSSR count). The zero-order valence-electron chi connectivity index (χ0n) is 20.2. The van der Waals surface area contributed by atoms with Crippen molar-refractivity contribution >= 4 is 35.2 Å². The van der Waals surface area contributed by atoms with E-state index in [1.807, 2.05) is 22.0 Å². The van der Waals surface area contributed by atoms with E-state index < -0.39 is 0 Å². The van der Waals surface area contributed by atoms with Crippen LogP contribution in [0.2, 0.25) is 0 Å². The lowest BCUT2D eigenvalue weighted by molar-refractivity contribution is -0.129. The Morgan fingerprint density at radius 1 is 1.15 bits per heavy atom. The van der Waals surface area contributed by atoms with E-state index in [1.165, 1.54) is 0 Å². The summed E-state index contributed by atoms with van der Waals surface area (Å²) in [6.45, 7) is 6.87. The van der Waals surface area contributed by atoms with Crippen LogP contribution >= 0.6 is 11.6 Å². The van der Waals surface area contributed by atoms with Crippen molar-refractivity contribution in [3.63, 3.8) is 0 Å². The van der Waals surface area contributed by atoms with E-state index in [0.717, 1.165) is 50.9 Å². The maximum atomic E-state index is 13.4. The van der Waals surface area contributed by atoms with Crippen LogP contribution in [0.1, 0.15) is 46.0 Å². The normalized spacial score (nSPS) is 29.7. The highest BCUT2D eigenvalue weighted by Crippen LogP contribution is 2.34. The molecule has 0 spiro atoms. The number of amides is 2. The molecule has 34 heavy (non-hydrogen) atoms. The molecule has 4 aliphatic rings. The van der Waals surface area contributed by atoms with Crippen LogP contribution in [-0.2, 0) is 14.4 Å². The second-order valence-corrected chi connectivity index (χ2v) is 10.2. The van der Waals surface area contributed by atoms with Gasteiger partial charge in [-0.15, -0.1) is 11.6 Å². The van der Waals surface area contributed by atoms with Gasteiger partial charge in [0.15, 0.2) is 5.78 Å². The summed E-state index contributed by atoms with van der Waals surface area (Å²) in [7, 11) is 0. The van der Waals surface area contributed by atoms with Gasteiger partial charge in [0.1, 0.15) is 0 Å². The summed E-state index contributed by atoms with van der Waals surface area (Å²) < 4.78 is 0. The number of nitrogens with one attached hydrogen (secondary N) is 1. The van der Waals surface area contributed by atoms with E-state index in [-0.39, 0.29) is 47.4 Å². The Hall–Kier alpha value is -2.19. The van der Waals surface area contributed by atoms with Gasteiger partial charge < -0.3 is 9.80 Å². The van der Waals surface area contributed by atoms with Gasteiger partial charge in [-0.1, -0.05) is 19.1 Å². The van der Waals surface area contributed by atoms with Gasteiger partial charge in [-0.3, -0.25) is 24.6 Å². The predicted octanol–water partition coefficient (Wildman–Crippen LogP) is 2.15. The Kier molecular flexibility index (Phi) is 8.09. The smallest absolute Gasteiger partial charge is 0.231 e. The molecule has 186 valence electrons. The first-order valence-corrected chi connectivity index (χ1v) is 13.0. The molecule has 4 atom stereocenters. The predicted molar refractivity (Wildman–Crippen MR) is 132 cm³/mol. The van der Waals surface area contributed by atoms with Crippen molar-refractivity contribution in [3.05, 3.63) is 23.9 Å². The molecule has 0 aromatic carbocycles. The average Bonchev–Trinajstić information content (AvgIpc) is 3.00. The number of ketones is 1. The molecule has 2 fully saturated rings. The lowest BCUT2D eigenvalue weighted by Crippen LogP contribution is -2.56. The molecule has 0 aromatic heterocycles. The number of Topliss-reactive ketones (excluding diaryl/α,β-unsaturated/α-hetero) is 1. The first-order valence-electron chi connectivity index (χ1n) is 12.5. The molecular formula is C25H36ClN5O3. The van der Waals surface area contributed by atoms with Crippen LogP contribution in [0, 0.1) is 11.8 Å². The van der Waals surface area contributed by atoms with E-state index in [4.69, 9.17) is 16.6 Å². The van der Waals surface area contributed by atoms with E-state index in [9.17, 15) is 14.4 Å². The van der Waals surface area contributed by atoms with Crippen LogP contribution in [0.15, 0.2) is 28.9 Å². The highest BCUT2D eigenvalue weighted by atomic mass is 35.5. The maximum absolute atomic E-state index is 13.4. The summed E-state index contributed by atoms with van der Waals surface area (Å²) in [5.74, 6) is 0.672. The zero-order valence-corrected chi connectivity index (χ0v) is 21.0. The molecule has 3 aliphatic heterocycles. The molecule has 1 aliphatic carbocycles. The third-order valence-corrected chi connectivity index (χ3v) is 7.71. The number of alkyl halides is 1. The fourth-order valence-electron chi connectivity index (χ4n) is 5.66. The van der Waals surface area contributed by atoms with Crippen molar-refractivity contribution in [3.8, 4) is 0 Å². The number of piperidine rings is 1. The van der Waals surface area contributed by atoms with Crippen LogP contribution in [0.5, 0.6) is 0 Å². The van der Waals surface area contributed by atoms with Gasteiger partial charge in [0.05, 0.1) is 36.1 Å². The SMILES string of the molecule is CC(=O)N1CCCC[C@@H](N2C(NC(=O)C3CCCN(CC(=O)CCl)C3)=NC3=CC=CC(C)C32)C1. The molecule has 9 heteroatoms. The molecule has 3 unspecified atom stereocenters. The third kappa shape index (κ3) is 5.54. The van der Waals surface area contributed by atoms with Crippen molar-refractivity contribution in [1.82, 2.24) is 20.0 Å². The van der Waals surface area contributed by atoms with Crippen LogP contribution in [-0.4, -0.2) is 88.9 Å². The fraction of sp³-hybridized carbons (Fsp3) is 0.680. The summed E-state index contributed by atoms with van der Waals surface area (Å²) in [4.78, 5) is 48.4. The minimum Gasteiger partial charge on any atom is -0.341 e. The molecule has 0 saturated carbocycles. The number of guanidine groups is 1. The number of aliphatic imine (C=N–C) groups is 1. The molecule has 2 amide bonds. The summed E-state index contributed by atoms with van der Waals surface area (Å²) in [6.07, 6.45) is 10.9. The van der Waals surface area contributed by atoms with Crippen molar-refractivity contribution in [2.45, 2.75) is 58.0 Å². The number of fused-ring (bicyclic) bond motifs is 1. The number of likely N-dealkylation sites (tertiary alicyclic amines) is 2. The van der Waals surface area contributed by atoms with Crippen LogP contribution in [0.25, 0.3) is 0 Å². The Morgan fingerprint density at radius 2 is 1.97 bits per heavy atom. The summed E-state index contributed by atoms with van der Waals surface area (Å²) in [6, 6.07) is 0.154. The molecule has 8 nitrogen and oxygen atoms in total. The Labute approximate surface area is 207 Å². The number of carbonyl (C=O) groups is 3. The topological polar surface area (TPSA) is 85.3 Å². The number of allylic oxidation sites excluding steroid dienone is 2. The zero-order chi connectivity index (χ0) is 24.2. The first-order chi connectivity index (χ1) is 16.4. The minimum atomic E-state index is -0.198. The second kappa shape index (κ2) is 11.0. The highest BCUT2D eigenvalue weighted by Gasteiger charge is 2.42. The lowest BCUT2D eigenvalue weighted by atomic mass is 9.92. The fourth-order valence-corrected chi connectivity index (χ4v) is 5.74. The van der Waals surface area contributed by atoms with Crippen LogP contribution < -0.4 is 5.32 Å². The van der Waals surface area contributed by atoms with Crippen molar-refractivity contribution in [1.29, 1.82) is 0 Å². The van der Waals surface area contributed by atoms with Gasteiger partial charge in [0.2, 0.25) is 17.8 Å². The molecule has 0 radical (unpaired) electrons. The highest BCUT2D eigenvalue weighted by molar-refractivity contribution is 6.27. The summed E-state index contributed by atoms with van der Waals surface area (Å²) in [5.41, 5.74) is 0.960. The summed E-state index contributed by atoms with van der Waals surface area (Å²) >= 11 is 5.67. The van der Waals surface area contributed by atoms with Gasteiger partial charge in [-0.05, 0) is 44.7 Å². The number of nitrogens with zero attached hydrogens (tertiary/aromatic N) is 4. The second-order valence-electron chi connectivity index (χ2n) is 9.97. The minimum absolute atomic E-state index is 0.000514. The van der Waals surface area contributed by atoms with Gasteiger partial charge in [-0.2, -0.15) is 0 Å². The summed E-state index contributed by atoms with van der Waals surface area (Å²) in [5, 5.41) is 3.15. The lowest BCUT2D eigenvalue weighted by Gasteiger charge is -2.39. The van der Waals surface area contributed by atoms with E-state index in [2.05, 4.69) is 23.2 Å².